The van der Waals surface area contributed by atoms with Crippen LogP contribution in [-0.2, 0) is 0 Å². The largest absolute Gasteiger partial charge is 0.509 e. The highest BCUT2D eigenvalue weighted by molar-refractivity contribution is 6.66. The molecular formula is C18H20O6Si. The summed E-state index contributed by atoms with van der Waals surface area (Å²) >= 11 is 0. The van der Waals surface area contributed by atoms with Crippen LogP contribution in [0.2, 0.25) is 13.1 Å². The van der Waals surface area contributed by atoms with Crippen molar-refractivity contribution < 1.29 is 27.9 Å². The van der Waals surface area contributed by atoms with E-state index in [2.05, 4.69) is 0 Å². The average molecular weight is 360 g/mol. The second kappa shape index (κ2) is 7.85. The third-order valence-corrected chi connectivity index (χ3v) is 4.78. The Balaban J connectivity index is 2.25. The summed E-state index contributed by atoms with van der Waals surface area (Å²) < 4.78 is 22.6. The summed E-state index contributed by atoms with van der Waals surface area (Å²) in [6.07, 6.45) is 1.48. The molecule has 0 atom stereocenters. The Labute approximate surface area is 147 Å². The summed E-state index contributed by atoms with van der Waals surface area (Å²) in [6.45, 7) is 3.74. The zero-order valence-corrected chi connectivity index (χ0v) is 15.6. The molecule has 25 heavy (non-hydrogen) atoms. The van der Waals surface area contributed by atoms with Gasteiger partial charge in [-0.15, -0.1) is 0 Å². The number of carbonyl (C=O) groups is 2. The Kier molecular flexibility index (Phi) is 5.82. The molecule has 2 aromatic carbocycles. The van der Waals surface area contributed by atoms with Crippen LogP contribution in [0.25, 0.3) is 0 Å². The highest BCUT2D eigenvalue weighted by Crippen LogP contribution is 2.33. The summed E-state index contributed by atoms with van der Waals surface area (Å²) in [5.41, 5.74) is 0.992. The molecule has 0 saturated carbocycles. The Morgan fingerprint density at radius 1 is 0.720 bits per heavy atom. The van der Waals surface area contributed by atoms with Gasteiger partial charge in [0.25, 0.3) is 0 Å². The fourth-order valence-corrected chi connectivity index (χ4v) is 3.67. The Morgan fingerprint density at radius 2 is 1.12 bits per heavy atom. The molecule has 0 radical (unpaired) electrons. The molecule has 0 aromatic heterocycles. The monoisotopic (exact) mass is 360 g/mol. The molecule has 0 saturated heterocycles. The van der Waals surface area contributed by atoms with E-state index in [4.69, 9.17) is 18.3 Å². The number of aldehydes is 2. The Morgan fingerprint density at radius 3 is 1.44 bits per heavy atom. The molecule has 0 aliphatic rings. The molecule has 0 spiro atoms. The highest BCUT2D eigenvalue weighted by atomic mass is 28.4. The van der Waals surface area contributed by atoms with Gasteiger partial charge in [0.2, 0.25) is 0 Å². The third-order valence-electron chi connectivity index (χ3n) is 3.36. The van der Waals surface area contributed by atoms with E-state index in [0.717, 1.165) is 12.6 Å². The van der Waals surface area contributed by atoms with E-state index in [1.54, 1.807) is 36.4 Å². The number of ether oxygens (including phenoxy) is 2. The lowest BCUT2D eigenvalue weighted by Crippen LogP contribution is -2.42. The van der Waals surface area contributed by atoms with E-state index in [9.17, 15) is 9.59 Å². The molecule has 132 valence electrons. The first-order valence-electron chi connectivity index (χ1n) is 7.57. The van der Waals surface area contributed by atoms with Gasteiger partial charge in [0, 0.05) is 24.2 Å². The van der Waals surface area contributed by atoms with Crippen LogP contribution >= 0.6 is 0 Å². The van der Waals surface area contributed by atoms with Gasteiger partial charge in [-0.2, -0.15) is 0 Å². The summed E-state index contributed by atoms with van der Waals surface area (Å²) in [5.74, 6) is 1.90. The van der Waals surface area contributed by atoms with Crippen molar-refractivity contribution in [2.45, 2.75) is 13.1 Å². The van der Waals surface area contributed by atoms with Crippen molar-refractivity contribution >= 4 is 21.1 Å². The van der Waals surface area contributed by atoms with Crippen molar-refractivity contribution in [3.05, 3.63) is 47.5 Å². The predicted octanol–water partition coefficient (Wildman–Crippen LogP) is 3.49. The Hall–Kier alpha value is -2.80. The van der Waals surface area contributed by atoms with Crippen molar-refractivity contribution in [2.24, 2.45) is 0 Å². The SMILES string of the molecule is COc1cc(C=O)ccc1O[Si](C)(C)Oc1ccc(C=O)cc1OC. The van der Waals surface area contributed by atoms with Crippen LogP contribution in [0.4, 0.5) is 0 Å². The summed E-state index contributed by atoms with van der Waals surface area (Å²) in [7, 11) is 0.343. The lowest BCUT2D eigenvalue weighted by molar-refractivity contribution is 0.111. The topological polar surface area (TPSA) is 71.1 Å². The van der Waals surface area contributed by atoms with E-state index < -0.39 is 8.56 Å². The minimum Gasteiger partial charge on any atom is -0.509 e. The van der Waals surface area contributed by atoms with Crippen LogP contribution in [0.15, 0.2) is 36.4 Å². The van der Waals surface area contributed by atoms with Crippen molar-refractivity contribution in [2.75, 3.05) is 14.2 Å². The molecule has 0 bridgehead atoms. The summed E-state index contributed by atoms with van der Waals surface area (Å²) in [6, 6.07) is 9.85. The minimum atomic E-state index is -2.67. The fourth-order valence-electron chi connectivity index (χ4n) is 2.23. The van der Waals surface area contributed by atoms with Crippen LogP contribution in [0.1, 0.15) is 20.7 Å². The van der Waals surface area contributed by atoms with Crippen LogP contribution in [0.5, 0.6) is 23.0 Å². The normalized spacial score (nSPS) is 10.7. The second-order valence-corrected chi connectivity index (χ2v) is 8.87. The van der Waals surface area contributed by atoms with Crippen LogP contribution < -0.4 is 18.3 Å². The predicted molar refractivity (Wildman–Crippen MR) is 95.5 cm³/mol. The van der Waals surface area contributed by atoms with Gasteiger partial charge < -0.3 is 18.3 Å². The van der Waals surface area contributed by atoms with E-state index in [1.165, 1.54) is 14.2 Å². The maximum absolute atomic E-state index is 10.9. The molecule has 0 unspecified atom stereocenters. The zero-order valence-electron chi connectivity index (χ0n) is 14.6. The maximum atomic E-state index is 10.9. The van der Waals surface area contributed by atoms with Crippen molar-refractivity contribution in [1.82, 2.24) is 0 Å². The number of methoxy groups -OCH3 is 2. The lowest BCUT2D eigenvalue weighted by Gasteiger charge is -2.26. The molecule has 0 aliphatic carbocycles. The van der Waals surface area contributed by atoms with Gasteiger partial charge in [0.15, 0.2) is 11.5 Å². The molecule has 0 amide bonds. The molecule has 2 rings (SSSR count). The molecule has 7 heteroatoms. The van der Waals surface area contributed by atoms with Gasteiger partial charge in [0.1, 0.15) is 24.1 Å². The lowest BCUT2D eigenvalue weighted by atomic mass is 10.2. The first-order valence-corrected chi connectivity index (χ1v) is 10.4. The van der Waals surface area contributed by atoms with Crippen molar-refractivity contribution in [3.63, 3.8) is 0 Å². The molecule has 2 aromatic rings. The number of rotatable bonds is 8. The number of carbonyl (C=O) groups excluding carboxylic acids is 2. The van der Waals surface area contributed by atoms with Gasteiger partial charge in [-0.05, 0) is 36.4 Å². The first kappa shape index (κ1) is 18.5. The molecule has 0 aliphatic heterocycles. The molecule has 0 heterocycles. The standard InChI is InChI=1S/C18H20O6Si/c1-21-17-9-13(11-19)5-7-15(17)23-25(3,4)24-16-8-6-14(12-20)10-18(16)22-2/h5-12H,1-4H3. The zero-order chi connectivity index (χ0) is 18.4. The minimum absolute atomic E-state index is 0.456. The van der Waals surface area contributed by atoms with Gasteiger partial charge in [-0.1, -0.05) is 0 Å². The number of hydrogen-bond acceptors (Lipinski definition) is 6. The van der Waals surface area contributed by atoms with E-state index >= 15 is 0 Å². The molecule has 0 fully saturated rings. The van der Waals surface area contributed by atoms with Gasteiger partial charge in [-0.25, -0.2) is 0 Å². The second-order valence-electron chi connectivity index (χ2n) is 5.66. The third kappa shape index (κ3) is 4.60. The van der Waals surface area contributed by atoms with Gasteiger partial charge >= 0.3 is 8.56 Å². The van der Waals surface area contributed by atoms with Crippen molar-refractivity contribution in [3.8, 4) is 23.0 Å². The number of hydrogen-bond donors (Lipinski definition) is 0. The fraction of sp³-hybridized carbons (Fsp3) is 0.222. The van der Waals surface area contributed by atoms with Gasteiger partial charge in [0.05, 0.1) is 14.2 Å². The van der Waals surface area contributed by atoms with E-state index in [1.807, 2.05) is 13.1 Å². The molecular weight excluding hydrogens is 340 g/mol. The molecule has 0 N–H and O–H groups in total. The highest BCUT2D eigenvalue weighted by Gasteiger charge is 2.31. The van der Waals surface area contributed by atoms with Crippen molar-refractivity contribution in [1.29, 1.82) is 0 Å². The Bertz CT molecular complexity index is 709. The first-order chi connectivity index (χ1) is 11.9. The van der Waals surface area contributed by atoms with Crippen LogP contribution in [0.3, 0.4) is 0 Å². The quantitative estimate of drug-likeness (QED) is 0.530. The average Bonchev–Trinajstić information content (AvgIpc) is 2.61. The van der Waals surface area contributed by atoms with E-state index in [-0.39, 0.29) is 0 Å². The van der Waals surface area contributed by atoms with Gasteiger partial charge in [-0.3, -0.25) is 9.59 Å². The number of benzene rings is 2. The van der Waals surface area contributed by atoms with Crippen LogP contribution in [0, 0.1) is 0 Å². The summed E-state index contributed by atoms with van der Waals surface area (Å²) in [4.78, 5) is 21.8. The smallest absolute Gasteiger partial charge is 0.454 e. The summed E-state index contributed by atoms with van der Waals surface area (Å²) in [5, 5.41) is 0. The molecule has 6 nitrogen and oxygen atoms in total. The van der Waals surface area contributed by atoms with Crippen LogP contribution in [-0.4, -0.2) is 35.4 Å². The maximum Gasteiger partial charge on any atom is 0.454 e. The van der Waals surface area contributed by atoms with E-state index in [0.29, 0.717) is 34.1 Å².